The molecule has 1 unspecified atom stereocenters. The predicted octanol–water partition coefficient (Wildman–Crippen LogP) is 2.18. The zero-order valence-corrected chi connectivity index (χ0v) is 20.8. The second-order valence-corrected chi connectivity index (χ2v) is 8.61. The van der Waals surface area contributed by atoms with Gasteiger partial charge in [-0.3, -0.25) is 21.0 Å². The number of rotatable bonds is 5. The molecule has 2 aliphatic heterocycles. The molecule has 1 aromatic heterocycles. The van der Waals surface area contributed by atoms with Crippen LogP contribution in [0.25, 0.3) is 0 Å². The van der Waals surface area contributed by atoms with Gasteiger partial charge in [0.1, 0.15) is 18.0 Å². The predicted molar refractivity (Wildman–Crippen MR) is 150 cm³/mol. The Bertz CT molecular complexity index is 1480. The molecule has 3 heterocycles. The van der Waals surface area contributed by atoms with Crippen molar-refractivity contribution in [2.24, 2.45) is 9.98 Å². The number of amidine groups is 2. The van der Waals surface area contributed by atoms with Crippen molar-refractivity contribution in [3.05, 3.63) is 89.6 Å². The van der Waals surface area contributed by atoms with Crippen LogP contribution in [0.1, 0.15) is 16.7 Å². The zero-order chi connectivity index (χ0) is 27.2. The third kappa shape index (κ3) is 5.64. The van der Waals surface area contributed by atoms with Crippen molar-refractivity contribution in [2.45, 2.75) is 6.17 Å². The molecule has 12 nitrogen and oxygen atoms in total. The molecule has 5 rings (SSSR count). The topological polar surface area (TPSA) is 175 Å². The minimum atomic E-state index is -1.17. The Morgan fingerprint density at radius 3 is 2.72 bits per heavy atom. The maximum absolute atomic E-state index is 13.1. The first-order chi connectivity index (χ1) is 19.0. The summed E-state index contributed by atoms with van der Waals surface area (Å²) in [7, 11) is 0. The van der Waals surface area contributed by atoms with E-state index in [0.717, 1.165) is 17.5 Å². The van der Waals surface area contributed by atoms with Gasteiger partial charge < -0.3 is 25.6 Å². The average Bonchev–Trinajstić information content (AvgIpc) is 3.09. The normalized spacial score (nSPS) is 17.6. The number of aromatic nitrogens is 1. The van der Waals surface area contributed by atoms with Gasteiger partial charge >= 0.3 is 0 Å². The summed E-state index contributed by atoms with van der Waals surface area (Å²) >= 11 is 0. The number of anilines is 2. The largest absolute Gasteiger partial charge is 0.407 e. The SMILES string of the molecule is N=C/N=C1/CN(c2ncccc2C(=N)OC(=N)NC2N=C(c3ccccc3)c3ccccc3NC2=O)CCN1. The molecule has 0 aliphatic carbocycles. The number of amides is 1. The molecule has 1 atom stereocenters. The van der Waals surface area contributed by atoms with E-state index in [0.29, 0.717) is 48.3 Å². The number of benzene rings is 2. The van der Waals surface area contributed by atoms with Gasteiger partial charge in [-0.25, -0.2) is 15.0 Å². The fraction of sp³-hybridized carbons (Fsp3) is 0.148. The maximum atomic E-state index is 13.1. The average molecular weight is 523 g/mol. The Labute approximate surface area is 224 Å². The number of fused-ring (bicyclic) bond motifs is 1. The van der Waals surface area contributed by atoms with Crippen molar-refractivity contribution >= 4 is 47.2 Å². The third-order valence-corrected chi connectivity index (χ3v) is 6.07. The zero-order valence-electron chi connectivity index (χ0n) is 20.8. The molecule has 2 aliphatic rings. The minimum Gasteiger partial charge on any atom is -0.407 e. The molecule has 1 saturated heterocycles. The van der Waals surface area contributed by atoms with Gasteiger partial charge in [0.25, 0.3) is 11.9 Å². The fourth-order valence-electron chi connectivity index (χ4n) is 4.31. The first-order valence-corrected chi connectivity index (χ1v) is 12.2. The minimum absolute atomic E-state index is 0.316. The first kappa shape index (κ1) is 25.3. The van der Waals surface area contributed by atoms with E-state index in [1.54, 1.807) is 24.4 Å². The smallest absolute Gasteiger partial charge is 0.290 e. The number of ether oxygens (including phenoxy) is 1. The number of aliphatic imine (C=N–C) groups is 2. The summed E-state index contributed by atoms with van der Waals surface area (Å²) in [5.41, 5.74) is 3.13. The molecule has 39 heavy (non-hydrogen) atoms. The van der Waals surface area contributed by atoms with E-state index in [2.05, 4.69) is 30.9 Å². The van der Waals surface area contributed by atoms with Crippen molar-refractivity contribution in [2.75, 3.05) is 29.9 Å². The molecular weight excluding hydrogens is 496 g/mol. The van der Waals surface area contributed by atoms with Crippen LogP contribution in [0.5, 0.6) is 0 Å². The number of carbonyl (C=O) groups is 1. The van der Waals surface area contributed by atoms with Crippen molar-refractivity contribution in [1.29, 1.82) is 16.2 Å². The monoisotopic (exact) mass is 522 g/mol. The molecule has 1 amide bonds. The van der Waals surface area contributed by atoms with E-state index in [4.69, 9.17) is 21.0 Å². The Morgan fingerprint density at radius 2 is 1.90 bits per heavy atom. The number of pyridine rings is 1. The summed E-state index contributed by atoms with van der Waals surface area (Å²) in [6.45, 7) is 1.57. The highest BCUT2D eigenvalue weighted by atomic mass is 16.5. The van der Waals surface area contributed by atoms with Gasteiger partial charge in [0.05, 0.1) is 23.5 Å². The van der Waals surface area contributed by atoms with E-state index in [1.165, 1.54) is 0 Å². The first-order valence-electron chi connectivity index (χ1n) is 12.2. The number of carbonyl (C=O) groups excluding carboxylic acids is 1. The quantitative estimate of drug-likeness (QED) is 0.221. The Balaban J connectivity index is 1.35. The Hall–Kier alpha value is -5.39. The summed E-state index contributed by atoms with van der Waals surface area (Å²) in [5, 5.41) is 32.8. The Morgan fingerprint density at radius 1 is 1.10 bits per heavy atom. The molecule has 0 radical (unpaired) electrons. The second-order valence-electron chi connectivity index (χ2n) is 8.61. The number of nitrogens with zero attached hydrogens (tertiary/aromatic N) is 4. The van der Waals surface area contributed by atoms with E-state index in [-0.39, 0.29) is 5.90 Å². The van der Waals surface area contributed by atoms with Crippen LogP contribution >= 0.6 is 0 Å². The Kier molecular flexibility index (Phi) is 7.35. The molecule has 3 aromatic rings. The molecule has 2 aromatic carbocycles. The van der Waals surface area contributed by atoms with Gasteiger partial charge in [-0.15, -0.1) is 0 Å². The molecule has 1 fully saturated rings. The lowest BCUT2D eigenvalue weighted by atomic mass is 10.0. The van der Waals surface area contributed by atoms with Crippen LogP contribution < -0.4 is 20.9 Å². The lowest BCUT2D eigenvalue weighted by molar-refractivity contribution is -0.117. The van der Waals surface area contributed by atoms with Gasteiger partial charge in [-0.1, -0.05) is 48.5 Å². The summed E-state index contributed by atoms with van der Waals surface area (Å²) < 4.78 is 5.51. The van der Waals surface area contributed by atoms with Gasteiger partial charge in [0.15, 0.2) is 0 Å². The molecule has 196 valence electrons. The van der Waals surface area contributed by atoms with E-state index in [1.807, 2.05) is 53.4 Å². The van der Waals surface area contributed by atoms with E-state index in [9.17, 15) is 4.79 Å². The standard InChI is InChI=1S/C27H26N10O2/c28-16-33-21-15-37(14-13-31-21)25-19(10-6-12-32-25)23(29)39-27(30)36-24-26(38)34-20-11-5-4-9-18(20)22(35-24)17-7-2-1-3-8-17/h1-12,16,24,29H,13-15H2,(H2,30,36)(H,34,38)(H2,28,31,33). The second kappa shape index (κ2) is 11.3. The van der Waals surface area contributed by atoms with Crippen LogP contribution in [0, 0.1) is 16.2 Å². The molecule has 0 bridgehead atoms. The van der Waals surface area contributed by atoms with Crippen LogP contribution in [0.4, 0.5) is 11.5 Å². The summed E-state index contributed by atoms with van der Waals surface area (Å²) in [6.07, 6.45) is 1.41. The highest BCUT2D eigenvalue weighted by molar-refractivity contribution is 6.19. The van der Waals surface area contributed by atoms with Gasteiger partial charge in [-0.2, -0.15) is 0 Å². The summed E-state index contributed by atoms with van der Waals surface area (Å²) in [4.78, 5) is 28.0. The molecule has 0 saturated carbocycles. The van der Waals surface area contributed by atoms with Crippen LogP contribution in [-0.2, 0) is 9.53 Å². The van der Waals surface area contributed by atoms with Gasteiger partial charge in [-0.05, 0) is 18.2 Å². The van der Waals surface area contributed by atoms with Crippen LogP contribution in [0.3, 0.4) is 0 Å². The van der Waals surface area contributed by atoms with Gasteiger partial charge in [0, 0.05) is 30.4 Å². The van der Waals surface area contributed by atoms with Crippen molar-refractivity contribution in [1.82, 2.24) is 15.6 Å². The number of piperazine rings is 1. The number of nitrogens with one attached hydrogen (secondary N) is 6. The van der Waals surface area contributed by atoms with E-state index >= 15 is 0 Å². The van der Waals surface area contributed by atoms with Crippen molar-refractivity contribution in [3.63, 3.8) is 0 Å². The fourth-order valence-corrected chi connectivity index (χ4v) is 4.31. The number of benzodiazepines with no additional fused rings is 1. The highest BCUT2D eigenvalue weighted by Crippen LogP contribution is 2.24. The van der Waals surface area contributed by atoms with E-state index < -0.39 is 18.1 Å². The number of hydrogen-bond acceptors (Lipinski definition) is 8. The molecule has 0 spiro atoms. The third-order valence-electron chi connectivity index (χ3n) is 6.07. The summed E-state index contributed by atoms with van der Waals surface area (Å²) in [5.74, 6) is 0.321. The lowest BCUT2D eigenvalue weighted by Gasteiger charge is -2.30. The van der Waals surface area contributed by atoms with Crippen LogP contribution in [-0.4, -0.2) is 66.5 Å². The number of para-hydroxylation sites is 1. The summed E-state index contributed by atoms with van der Waals surface area (Å²) in [6, 6.07) is 19.7. The highest BCUT2D eigenvalue weighted by Gasteiger charge is 2.28. The molecular formula is C27H26N10O2. The molecule has 12 heteroatoms. The maximum Gasteiger partial charge on any atom is 0.290 e. The lowest BCUT2D eigenvalue weighted by Crippen LogP contribution is -2.48. The van der Waals surface area contributed by atoms with Crippen LogP contribution in [0.2, 0.25) is 0 Å². The molecule has 6 N–H and O–H groups in total. The number of hydrogen-bond donors (Lipinski definition) is 6. The van der Waals surface area contributed by atoms with Crippen LogP contribution in [0.15, 0.2) is 82.9 Å². The van der Waals surface area contributed by atoms with Crippen molar-refractivity contribution in [3.8, 4) is 0 Å². The van der Waals surface area contributed by atoms with Crippen molar-refractivity contribution < 1.29 is 9.53 Å². The van der Waals surface area contributed by atoms with Gasteiger partial charge in [0.2, 0.25) is 12.1 Å².